The number of hydrogen-bond donors (Lipinski definition) is 1. The number of nitrogens with one attached hydrogen (secondary N) is 1. The molecule has 0 saturated heterocycles. The molecule has 0 bridgehead atoms. The van der Waals surface area contributed by atoms with Gasteiger partial charge in [0.25, 0.3) is 5.69 Å². The van der Waals surface area contributed by atoms with Crippen molar-refractivity contribution in [2.24, 2.45) is 0 Å². The largest absolute Gasteiger partial charge is 0.326 e. The van der Waals surface area contributed by atoms with Crippen LogP contribution in [0.1, 0.15) is 43.7 Å². The van der Waals surface area contributed by atoms with E-state index in [1.165, 1.54) is 24.3 Å². The van der Waals surface area contributed by atoms with Crippen LogP contribution in [0.3, 0.4) is 0 Å². The molecule has 2 aromatic rings. The van der Waals surface area contributed by atoms with E-state index in [4.69, 9.17) is 0 Å². The van der Waals surface area contributed by atoms with Gasteiger partial charge in [-0.05, 0) is 36.5 Å². The van der Waals surface area contributed by atoms with Gasteiger partial charge in [0.2, 0.25) is 15.9 Å². The van der Waals surface area contributed by atoms with Gasteiger partial charge in [-0.25, -0.2) is 8.42 Å². The standard InChI is InChI=1S/C21H27N3O5S/c1-15(2)19-11-5-8-16(3)21(19)22-20(25)12-7-13-23(30(4,28)29)17-9-6-10-18(14-17)24(26)27/h5-6,8-11,14-15H,7,12-13H2,1-4H3,(H,22,25). The number of nitro groups is 1. The van der Waals surface area contributed by atoms with Gasteiger partial charge in [0, 0.05) is 30.8 Å². The van der Waals surface area contributed by atoms with Crippen molar-refractivity contribution in [3.8, 4) is 0 Å². The second-order valence-electron chi connectivity index (χ2n) is 7.46. The number of benzene rings is 2. The van der Waals surface area contributed by atoms with E-state index in [9.17, 15) is 23.3 Å². The molecule has 30 heavy (non-hydrogen) atoms. The number of carbonyl (C=O) groups is 1. The molecule has 0 atom stereocenters. The van der Waals surface area contributed by atoms with Crippen molar-refractivity contribution in [1.82, 2.24) is 0 Å². The summed E-state index contributed by atoms with van der Waals surface area (Å²) in [7, 11) is -3.66. The molecule has 0 aliphatic carbocycles. The van der Waals surface area contributed by atoms with Crippen LogP contribution in [0, 0.1) is 17.0 Å². The van der Waals surface area contributed by atoms with E-state index in [2.05, 4.69) is 5.32 Å². The quantitative estimate of drug-likeness (QED) is 0.470. The SMILES string of the molecule is Cc1cccc(C(C)C)c1NC(=O)CCCN(c1cccc([N+](=O)[O-])c1)S(C)(=O)=O. The van der Waals surface area contributed by atoms with Gasteiger partial charge in [-0.2, -0.15) is 0 Å². The highest BCUT2D eigenvalue weighted by Crippen LogP contribution is 2.28. The third-order valence-corrected chi connectivity index (χ3v) is 5.88. The number of hydrogen-bond acceptors (Lipinski definition) is 5. The molecule has 0 aliphatic heterocycles. The highest BCUT2D eigenvalue weighted by molar-refractivity contribution is 7.92. The molecule has 0 saturated carbocycles. The van der Waals surface area contributed by atoms with Gasteiger partial charge in [0.15, 0.2) is 0 Å². The van der Waals surface area contributed by atoms with Gasteiger partial charge < -0.3 is 5.32 Å². The van der Waals surface area contributed by atoms with Crippen molar-refractivity contribution < 1.29 is 18.1 Å². The predicted molar refractivity (Wildman–Crippen MR) is 118 cm³/mol. The summed E-state index contributed by atoms with van der Waals surface area (Å²) in [6.45, 7) is 6.06. The molecule has 2 aromatic carbocycles. The minimum Gasteiger partial charge on any atom is -0.326 e. The summed E-state index contributed by atoms with van der Waals surface area (Å²) in [6, 6.07) is 11.3. The summed E-state index contributed by atoms with van der Waals surface area (Å²) in [4.78, 5) is 22.9. The Kier molecular flexibility index (Phi) is 7.55. The second-order valence-corrected chi connectivity index (χ2v) is 9.36. The zero-order valence-electron chi connectivity index (χ0n) is 17.6. The molecule has 0 aliphatic rings. The number of nitrogens with zero attached hydrogens (tertiary/aromatic N) is 2. The Morgan fingerprint density at radius 2 is 1.87 bits per heavy atom. The average Bonchev–Trinajstić information content (AvgIpc) is 2.65. The van der Waals surface area contributed by atoms with Crippen LogP contribution in [0.15, 0.2) is 42.5 Å². The first kappa shape index (κ1) is 23.3. The van der Waals surface area contributed by atoms with Crippen LogP contribution < -0.4 is 9.62 Å². The molecule has 9 heteroatoms. The lowest BCUT2D eigenvalue weighted by Gasteiger charge is -2.22. The smallest absolute Gasteiger partial charge is 0.271 e. The summed E-state index contributed by atoms with van der Waals surface area (Å²) in [5.74, 6) is 0.0356. The fraction of sp³-hybridized carbons (Fsp3) is 0.381. The van der Waals surface area contributed by atoms with Gasteiger partial charge in [-0.1, -0.05) is 38.1 Å². The third-order valence-electron chi connectivity index (χ3n) is 4.69. The Balaban J connectivity index is 2.09. The monoisotopic (exact) mass is 433 g/mol. The molecule has 0 aromatic heterocycles. The van der Waals surface area contributed by atoms with E-state index >= 15 is 0 Å². The van der Waals surface area contributed by atoms with Gasteiger partial charge in [0.1, 0.15) is 0 Å². The Labute approximate surface area is 177 Å². The van der Waals surface area contributed by atoms with Gasteiger partial charge >= 0.3 is 0 Å². The van der Waals surface area contributed by atoms with E-state index < -0.39 is 14.9 Å². The van der Waals surface area contributed by atoms with Gasteiger partial charge in [-0.3, -0.25) is 19.2 Å². The lowest BCUT2D eigenvalue weighted by molar-refractivity contribution is -0.384. The van der Waals surface area contributed by atoms with Crippen LogP contribution in [0.4, 0.5) is 17.1 Å². The van der Waals surface area contributed by atoms with Crippen LogP contribution in [0.2, 0.25) is 0 Å². The topological polar surface area (TPSA) is 110 Å². The zero-order chi connectivity index (χ0) is 22.5. The number of aryl methyl sites for hydroxylation is 1. The Morgan fingerprint density at radius 3 is 2.47 bits per heavy atom. The highest BCUT2D eigenvalue weighted by atomic mass is 32.2. The molecule has 8 nitrogen and oxygen atoms in total. The van der Waals surface area contributed by atoms with Crippen molar-refractivity contribution in [3.05, 3.63) is 63.7 Å². The molecule has 0 fully saturated rings. The maximum atomic E-state index is 12.5. The van der Waals surface area contributed by atoms with Crippen LogP contribution in [-0.2, 0) is 14.8 Å². The molecule has 0 radical (unpaired) electrons. The summed E-state index contributed by atoms with van der Waals surface area (Å²) in [5.41, 5.74) is 2.80. The number of carbonyl (C=O) groups excluding carboxylic acids is 1. The summed E-state index contributed by atoms with van der Waals surface area (Å²) in [5, 5.41) is 13.9. The molecule has 1 amide bonds. The number of nitro benzene ring substituents is 1. The second kappa shape index (κ2) is 9.71. The zero-order valence-corrected chi connectivity index (χ0v) is 18.4. The molecule has 0 heterocycles. The highest BCUT2D eigenvalue weighted by Gasteiger charge is 2.20. The number of sulfonamides is 1. The number of amides is 1. The van der Waals surface area contributed by atoms with E-state index in [0.29, 0.717) is 0 Å². The molecule has 2 rings (SSSR count). The molecule has 0 unspecified atom stereocenters. The van der Waals surface area contributed by atoms with Crippen LogP contribution in [0.5, 0.6) is 0 Å². The maximum Gasteiger partial charge on any atom is 0.271 e. The average molecular weight is 434 g/mol. The van der Waals surface area contributed by atoms with E-state index in [0.717, 1.165) is 27.4 Å². The lowest BCUT2D eigenvalue weighted by atomic mass is 9.98. The number of rotatable bonds is 9. The Bertz CT molecular complexity index is 1030. The fourth-order valence-electron chi connectivity index (χ4n) is 3.18. The molecular formula is C21H27N3O5S. The number of para-hydroxylation sites is 1. The molecule has 162 valence electrons. The van der Waals surface area contributed by atoms with Crippen LogP contribution in [-0.4, -0.2) is 32.0 Å². The Morgan fingerprint density at radius 1 is 1.20 bits per heavy atom. The first-order chi connectivity index (χ1) is 14.0. The van der Waals surface area contributed by atoms with Crippen molar-refractivity contribution in [2.75, 3.05) is 22.4 Å². The predicted octanol–water partition coefficient (Wildman–Crippen LogP) is 4.21. The van der Waals surface area contributed by atoms with Gasteiger partial charge in [-0.15, -0.1) is 0 Å². The van der Waals surface area contributed by atoms with E-state index in [-0.39, 0.29) is 42.6 Å². The Hall–Kier alpha value is -2.94. The molecule has 0 spiro atoms. The lowest BCUT2D eigenvalue weighted by Crippen LogP contribution is -2.31. The van der Waals surface area contributed by atoms with Crippen molar-refractivity contribution in [1.29, 1.82) is 0 Å². The summed E-state index contributed by atoms with van der Waals surface area (Å²) >= 11 is 0. The molecular weight excluding hydrogens is 406 g/mol. The maximum absolute atomic E-state index is 12.5. The van der Waals surface area contributed by atoms with Gasteiger partial charge in [0.05, 0.1) is 16.9 Å². The molecule has 1 N–H and O–H groups in total. The first-order valence-corrected chi connectivity index (χ1v) is 11.5. The first-order valence-electron chi connectivity index (χ1n) is 9.62. The minimum atomic E-state index is -3.66. The fourth-order valence-corrected chi connectivity index (χ4v) is 4.13. The minimum absolute atomic E-state index is 0.0399. The summed E-state index contributed by atoms with van der Waals surface area (Å²) in [6.07, 6.45) is 1.42. The van der Waals surface area contributed by atoms with Crippen LogP contribution >= 0.6 is 0 Å². The van der Waals surface area contributed by atoms with E-state index in [1.54, 1.807) is 0 Å². The summed E-state index contributed by atoms with van der Waals surface area (Å²) < 4.78 is 25.5. The number of non-ortho nitro benzene ring substituents is 1. The van der Waals surface area contributed by atoms with Crippen molar-refractivity contribution in [3.63, 3.8) is 0 Å². The normalized spacial score (nSPS) is 11.4. The van der Waals surface area contributed by atoms with Crippen molar-refractivity contribution >= 4 is 33.0 Å². The van der Waals surface area contributed by atoms with E-state index in [1.807, 2.05) is 39.0 Å². The van der Waals surface area contributed by atoms with Crippen molar-refractivity contribution in [2.45, 2.75) is 39.5 Å². The number of anilines is 2. The third kappa shape index (κ3) is 6.03. The van der Waals surface area contributed by atoms with Crippen LogP contribution in [0.25, 0.3) is 0 Å².